The van der Waals surface area contributed by atoms with Crippen LogP contribution in [0.3, 0.4) is 0 Å². The number of nitrogens with zero attached hydrogens (tertiary/aromatic N) is 1. The molecule has 2 aromatic rings. The van der Waals surface area contributed by atoms with E-state index >= 15 is 0 Å². The maximum Gasteiger partial charge on any atom is 0.313 e. The zero-order valence-electron chi connectivity index (χ0n) is 19.3. The van der Waals surface area contributed by atoms with Crippen molar-refractivity contribution in [2.45, 2.75) is 58.4 Å². The second-order valence-corrected chi connectivity index (χ2v) is 10.4. The van der Waals surface area contributed by atoms with Gasteiger partial charge in [-0.25, -0.2) is 8.42 Å². The van der Waals surface area contributed by atoms with E-state index in [2.05, 4.69) is 10.6 Å². The minimum absolute atomic E-state index is 0.0856. The third-order valence-corrected chi connectivity index (χ3v) is 8.10. The Morgan fingerprint density at radius 3 is 2.25 bits per heavy atom. The first-order chi connectivity index (χ1) is 15.0. The van der Waals surface area contributed by atoms with Crippen LogP contribution < -0.4 is 10.6 Å². The average molecular weight is 458 g/mol. The third kappa shape index (κ3) is 5.02. The molecular weight excluding hydrogens is 426 g/mol. The molecule has 1 saturated heterocycles. The van der Waals surface area contributed by atoms with Crippen LogP contribution in [0.4, 0.5) is 5.69 Å². The van der Waals surface area contributed by atoms with Crippen LogP contribution in [0.15, 0.2) is 35.2 Å². The minimum Gasteiger partial charge on any atom is -0.346 e. The Hall–Kier alpha value is -2.71. The highest BCUT2D eigenvalue weighted by molar-refractivity contribution is 7.89. The highest BCUT2D eigenvalue weighted by Crippen LogP contribution is 2.30. The van der Waals surface area contributed by atoms with E-state index in [1.165, 1.54) is 4.31 Å². The fourth-order valence-electron chi connectivity index (χ4n) is 4.36. The van der Waals surface area contributed by atoms with Gasteiger partial charge in [0.05, 0.1) is 4.90 Å². The number of benzene rings is 2. The molecule has 0 saturated carbocycles. The molecule has 32 heavy (non-hydrogen) atoms. The number of carbonyl (C=O) groups excluding carboxylic acids is 2. The summed E-state index contributed by atoms with van der Waals surface area (Å²) < 4.78 is 28.3. The summed E-state index contributed by atoms with van der Waals surface area (Å²) >= 11 is 0. The van der Waals surface area contributed by atoms with E-state index in [9.17, 15) is 18.0 Å². The normalized spacial score (nSPS) is 16.7. The molecule has 0 aliphatic carbocycles. The van der Waals surface area contributed by atoms with Crippen molar-refractivity contribution in [1.82, 2.24) is 9.62 Å². The van der Waals surface area contributed by atoms with Crippen molar-refractivity contribution in [1.29, 1.82) is 0 Å². The molecule has 2 aromatic carbocycles. The molecule has 172 valence electrons. The standard InChI is InChI=1S/C24H31N3O4S/c1-15-8-9-17(3)21(13-15)26-24(29)23(28)25-14-20-7-6-10-27(20)32(30,31)22-18(4)11-16(2)12-19(22)5/h8-9,11-13,20H,6-7,10,14H2,1-5H3,(H,25,28)(H,26,29)/t20-/m1/s1. The highest BCUT2D eigenvalue weighted by Gasteiger charge is 2.37. The van der Waals surface area contributed by atoms with Gasteiger partial charge in [0.2, 0.25) is 10.0 Å². The number of anilines is 1. The second-order valence-electron chi connectivity index (χ2n) is 8.62. The van der Waals surface area contributed by atoms with E-state index in [1.807, 2.05) is 45.0 Å². The summed E-state index contributed by atoms with van der Waals surface area (Å²) in [5.74, 6) is -1.55. The molecule has 8 heteroatoms. The third-order valence-electron chi connectivity index (χ3n) is 5.84. The molecule has 0 unspecified atom stereocenters. The lowest BCUT2D eigenvalue weighted by atomic mass is 10.1. The Morgan fingerprint density at radius 1 is 0.938 bits per heavy atom. The minimum atomic E-state index is -3.71. The number of hydrogen-bond donors (Lipinski definition) is 2. The molecule has 0 spiro atoms. The Bertz CT molecular complexity index is 1130. The Kier molecular flexibility index (Phi) is 7.05. The fraction of sp³-hybridized carbons (Fsp3) is 0.417. The summed E-state index contributed by atoms with van der Waals surface area (Å²) in [6, 6.07) is 8.95. The first-order valence-corrected chi connectivity index (χ1v) is 12.2. The molecule has 1 aliphatic rings. The molecule has 3 rings (SSSR count). The van der Waals surface area contributed by atoms with Crippen molar-refractivity contribution in [3.05, 3.63) is 58.1 Å². The van der Waals surface area contributed by atoms with Gasteiger partial charge >= 0.3 is 11.8 Å². The molecule has 0 bridgehead atoms. The van der Waals surface area contributed by atoms with Crippen LogP contribution in [0, 0.1) is 34.6 Å². The topological polar surface area (TPSA) is 95.6 Å². The lowest BCUT2D eigenvalue weighted by molar-refractivity contribution is -0.136. The van der Waals surface area contributed by atoms with Crippen molar-refractivity contribution >= 4 is 27.5 Å². The SMILES string of the molecule is Cc1cc(C)c(S(=O)(=O)N2CCC[C@@H]2CNC(=O)C(=O)Nc2cc(C)ccc2C)c(C)c1. The Morgan fingerprint density at radius 2 is 1.59 bits per heavy atom. The number of nitrogens with one attached hydrogen (secondary N) is 2. The molecule has 1 atom stereocenters. The van der Waals surface area contributed by atoms with Gasteiger partial charge in [0.15, 0.2) is 0 Å². The zero-order valence-corrected chi connectivity index (χ0v) is 20.1. The molecule has 0 aromatic heterocycles. The molecule has 0 radical (unpaired) electrons. The van der Waals surface area contributed by atoms with Crippen molar-refractivity contribution < 1.29 is 18.0 Å². The number of hydrogen-bond acceptors (Lipinski definition) is 4. The lowest BCUT2D eigenvalue weighted by Crippen LogP contribution is -2.45. The van der Waals surface area contributed by atoms with E-state index in [-0.39, 0.29) is 6.54 Å². The number of sulfonamides is 1. The van der Waals surface area contributed by atoms with E-state index < -0.39 is 27.9 Å². The first-order valence-electron chi connectivity index (χ1n) is 10.8. The molecular formula is C24H31N3O4S. The van der Waals surface area contributed by atoms with E-state index in [1.54, 1.807) is 19.9 Å². The van der Waals surface area contributed by atoms with Gasteiger partial charge < -0.3 is 10.6 Å². The monoisotopic (exact) mass is 457 g/mol. The van der Waals surface area contributed by atoms with Crippen LogP contribution in [0.1, 0.15) is 40.7 Å². The number of carbonyl (C=O) groups is 2. The molecule has 1 heterocycles. The van der Waals surface area contributed by atoms with Gasteiger partial charge in [-0.2, -0.15) is 4.31 Å². The van der Waals surface area contributed by atoms with Crippen molar-refractivity contribution in [2.75, 3.05) is 18.4 Å². The smallest absolute Gasteiger partial charge is 0.313 e. The number of aryl methyl sites for hydroxylation is 5. The van der Waals surface area contributed by atoms with Gasteiger partial charge in [0, 0.05) is 24.8 Å². The maximum absolute atomic E-state index is 13.4. The van der Waals surface area contributed by atoms with Crippen LogP contribution >= 0.6 is 0 Å². The summed E-state index contributed by atoms with van der Waals surface area (Å²) in [5.41, 5.74) is 4.85. The van der Waals surface area contributed by atoms with Gasteiger partial charge in [0.1, 0.15) is 0 Å². The Labute approximate surface area is 190 Å². The quantitative estimate of drug-likeness (QED) is 0.675. The maximum atomic E-state index is 13.4. The lowest BCUT2D eigenvalue weighted by Gasteiger charge is -2.26. The van der Waals surface area contributed by atoms with Crippen LogP contribution in [0.25, 0.3) is 0 Å². The summed E-state index contributed by atoms with van der Waals surface area (Å²) in [4.78, 5) is 25.1. The van der Waals surface area contributed by atoms with Crippen molar-refractivity contribution in [3.63, 3.8) is 0 Å². The number of amides is 2. The summed E-state index contributed by atoms with van der Waals surface area (Å²) in [6.07, 6.45) is 1.33. The van der Waals surface area contributed by atoms with Crippen LogP contribution in [0.5, 0.6) is 0 Å². The van der Waals surface area contributed by atoms with Gasteiger partial charge in [-0.05, 0) is 75.8 Å². The molecule has 1 fully saturated rings. The van der Waals surface area contributed by atoms with Crippen LogP contribution in [-0.4, -0.2) is 43.7 Å². The van der Waals surface area contributed by atoms with E-state index in [4.69, 9.17) is 0 Å². The largest absolute Gasteiger partial charge is 0.346 e. The van der Waals surface area contributed by atoms with Crippen molar-refractivity contribution in [3.8, 4) is 0 Å². The van der Waals surface area contributed by atoms with Crippen LogP contribution in [-0.2, 0) is 19.6 Å². The fourth-order valence-corrected chi connectivity index (χ4v) is 6.47. The summed E-state index contributed by atoms with van der Waals surface area (Å²) in [5, 5.41) is 5.24. The first kappa shape index (κ1) is 23.9. The molecule has 7 nitrogen and oxygen atoms in total. The van der Waals surface area contributed by atoms with E-state index in [0.29, 0.717) is 41.1 Å². The second kappa shape index (κ2) is 9.42. The average Bonchev–Trinajstić information content (AvgIpc) is 3.17. The highest BCUT2D eigenvalue weighted by atomic mass is 32.2. The molecule has 1 aliphatic heterocycles. The molecule has 2 N–H and O–H groups in total. The molecule has 2 amide bonds. The van der Waals surface area contributed by atoms with Gasteiger partial charge in [0.25, 0.3) is 0 Å². The summed E-state index contributed by atoms with van der Waals surface area (Å²) in [7, 11) is -3.71. The van der Waals surface area contributed by atoms with Crippen LogP contribution in [0.2, 0.25) is 0 Å². The summed E-state index contributed by atoms with van der Waals surface area (Å²) in [6.45, 7) is 9.78. The Balaban J connectivity index is 1.69. The van der Waals surface area contributed by atoms with E-state index in [0.717, 1.165) is 16.7 Å². The van der Waals surface area contributed by atoms with Crippen molar-refractivity contribution in [2.24, 2.45) is 0 Å². The van der Waals surface area contributed by atoms with Gasteiger partial charge in [-0.1, -0.05) is 29.8 Å². The zero-order chi connectivity index (χ0) is 23.6. The predicted molar refractivity (Wildman–Crippen MR) is 125 cm³/mol. The number of rotatable bonds is 5. The predicted octanol–water partition coefficient (Wildman–Crippen LogP) is 3.14. The van der Waals surface area contributed by atoms with Gasteiger partial charge in [-0.3, -0.25) is 9.59 Å². The van der Waals surface area contributed by atoms with Gasteiger partial charge in [-0.15, -0.1) is 0 Å².